The number of nitrogens with zero attached hydrogens (tertiary/aromatic N) is 1. The molecule has 0 saturated carbocycles. The van der Waals surface area contributed by atoms with Crippen molar-refractivity contribution >= 4 is 25.6 Å². The molecule has 1 heterocycles. The lowest BCUT2D eigenvalue weighted by Crippen LogP contribution is -2.05. The summed E-state index contributed by atoms with van der Waals surface area (Å²) >= 11 is 0. The topological polar surface area (TPSA) is 73.0 Å². The molecule has 8 heteroatoms. The van der Waals surface area contributed by atoms with Crippen LogP contribution in [0.4, 0.5) is 14.6 Å². The van der Waals surface area contributed by atoms with Crippen LogP contribution in [-0.2, 0) is 9.05 Å². The molecule has 78 valence electrons. The van der Waals surface area contributed by atoms with Crippen LogP contribution in [0.3, 0.4) is 0 Å². The first-order chi connectivity index (χ1) is 6.34. The van der Waals surface area contributed by atoms with Crippen molar-refractivity contribution < 1.29 is 17.2 Å². The Morgan fingerprint density at radius 2 is 2.07 bits per heavy atom. The first-order valence-corrected chi connectivity index (χ1v) is 5.62. The molecule has 1 rings (SSSR count). The lowest BCUT2D eigenvalue weighted by molar-refractivity contribution is 0.148. The minimum atomic E-state index is -4.30. The second-order valence-corrected chi connectivity index (χ2v) is 4.86. The van der Waals surface area contributed by atoms with Crippen LogP contribution in [0.25, 0.3) is 0 Å². The lowest BCUT2D eigenvalue weighted by Gasteiger charge is -2.06. The Bertz CT molecular complexity index is 449. The van der Waals surface area contributed by atoms with E-state index in [1.54, 1.807) is 0 Å². The van der Waals surface area contributed by atoms with Crippen molar-refractivity contribution in [3.8, 4) is 0 Å². The fraction of sp³-hybridized carbons (Fsp3) is 0.167. The summed E-state index contributed by atoms with van der Waals surface area (Å²) in [6, 6.07) is 0.857. The molecule has 0 spiro atoms. The molecule has 1 aromatic rings. The molecule has 0 radical (unpaired) electrons. The maximum atomic E-state index is 12.3. The fourth-order valence-corrected chi connectivity index (χ4v) is 2.16. The Kier molecular flexibility index (Phi) is 2.91. The number of nitrogens with two attached hydrogens (primary N) is 1. The molecule has 2 N–H and O–H groups in total. The van der Waals surface area contributed by atoms with Gasteiger partial charge in [0.1, 0.15) is 10.7 Å². The van der Waals surface area contributed by atoms with E-state index < -0.39 is 31.8 Å². The Morgan fingerprint density at radius 1 is 1.50 bits per heavy atom. The lowest BCUT2D eigenvalue weighted by atomic mass is 10.3. The highest BCUT2D eigenvalue weighted by Crippen LogP contribution is 2.31. The third kappa shape index (κ3) is 2.10. The van der Waals surface area contributed by atoms with Crippen LogP contribution in [0.1, 0.15) is 12.0 Å². The molecule has 4 nitrogen and oxygen atoms in total. The van der Waals surface area contributed by atoms with E-state index in [1.165, 1.54) is 0 Å². The molecule has 0 bridgehead atoms. The van der Waals surface area contributed by atoms with Crippen molar-refractivity contribution in [3.05, 3.63) is 17.8 Å². The molecular formula is C6H5ClF2N2O2S. The summed E-state index contributed by atoms with van der Waals surface area (Å²) in [5.74, 6) is -0.530. The number of alkyl halides is 2. The fourth-order valence-electron chi connectivity index (χ4n) is 0.918. The van der Waals surface area contributed by atoms with Gasteiger partial charge in [-0.1, -0.05) is 0 Å². The summed E-state index contributed by atoms with van der Waals surface area (Å²) in [6.45, 7) is 0. The zero-order valence-corrected chi connectivity index (χ0v) is 8.19. The quantitative estimate of drug-likeness (QED) is 0.798. The minimum absolute atomic E-state index is 0.530. The van der Waals surface area contributed by atoms with Gasteiger partial charge in [-0.15, -0.1) is 0 Å². The Hall–Kier alpha value is -0.950. The largest absolute Gasteiger partial charge is 0.383 e. The van der Waals surface area contributed by atoms with E-state index in [4.69, 9.17) is 16.4 Å². The van der Waals surface area contributed by atoms with Gasteiger partial charge in [-0.3, -0.25) is 0 Å². The van der Waals surface area contributed by atoms with E-state index in [-0.39, 0.29) is 0 Å². The van der Waals surface area contributed by atoms with Gasteiger partial charge in [-0.2, -0.15) is 0 Å². The van der Waals surface area contributed by atoms with Crippen molar-refractivity contribution in [1.82, 2.24) is 4.98 Å². The van der Waals surface area contributed by atoms with Crippen LogP contribution in [-0.4, -0.2) is 13.4 Å². The highest BCUT2D eigenvalue weighted by atomic mass is 35.7. The van der Waals surface area contributed by atoms with Gasteiger partial charge >= 0.3 is 0 Å². The predicted molar refractivity (Wildman–Crippen MR) is 46.6 cm³/mol. The summed E-state index contributed by atoms with van der Waals surface area (Å²) in [4.78, 5) is 2.55. The van der Waals surface area contributed by atoms with Gasteiger partial charge in [0.2, 0.25) is 0 Å². The van der Waals surface area contributed by atoms with Gasteiger partial charge in [0.15, 0.2) is 0 Å². The van der Waals surface area contributed by atoms with Crippen molar-refractivity contribution in [2.45, 2.75) is 11.3 Å². The molecule has 14 heavy (non-hydrogen) atoms. The average molecular weight is 243 g/mol. The number of aromatic nitrogens is 1. The molecule has 1 aromatic heterocycles. The number of pyridine rings is 1. The standard InChI is InChI=1S/C6H5ClF2N2O2S/c7-14(12,13)4-3(5(8)9)1-2-11-6(4)10/h1-2,5H,(H2,10,11). The number of rotatable bonds is 2. The summed E-state index contributed by atoms with van der Waals surface area (Å²) in [6.07, 6.45) is -1.98. The molecule has 0 aromatic carbocycles. The van der Waals surface area contributed by atoms with Crippen molar-refractivity contribution in [3.63, 3.8) is 0 Å². The molecule has 0 saturated heterocycles. The molecule has 0 aliphatic carbocycles. The first kappa shape index (κ1) is 11.1. The van der Waals surface area contributed by atoms with Gasteiger partial charge in [-0.25, -0.2) is 22.2 Å². The minimum Gasteiger partial charge on any atom is -0.383 e. The van der Waals surface area contributed by atoms with Gasteiger partial charge in [0, 0.05) is 22.4 Å². The summed E-state index contributed by atoms with van der Waals surface area (Å²) in [7, 11) is 0.628. The first-order valence-electron chi connectivity index (χ1n) is 3.31. The predicted octanol–water partition coefficient (Wildman–Crippen LogP) is 1.53. The van der Waals surface area contributed by atoms with Crippen LogP contribution in [0, 0.1) is 0 Å². The highest BCUT2D eigenvalue weighted by molar-refractivity contribution is 8.13. The molecule has 0 atom stereocenters. The van der Waals surface area contributed by atoms with Crippen LogP contribution < -0.4 is 5.73 Å². The Balaban J connectivity index is 3.54. The monoisotopic (exact) mass is 242 g/mol. The summed E-state index contributed by atoms with van der Waals surface area (Å²) < 4.78 is 46.4. The van der Waals surface area contributed by atoms with E-state index >= 15 is 0 Å². The molecule has 0 aliphatic heterocycles. The second kappa shape index (κ2) is 3.66. The van der Waals surface area contributed by atoms with Gasteiger partial charge in [-0.05, 0) is 6.07 Å². The third-order valence-corrected chi connectivity index (χ3v) is 2.84. The Morgan fingerprint density at radius 3 is 2.43 bits per heavy atom. The second-order valence-electron chi connectivity index (χ2n) is 2.35. The van der Waals surface area contributed by atoms with E-state index in [2.05, 4.69) is 4.98 Å². The molecule has 0 fully saturated rings. The zero-order valence-electron chi connectivity index (χ0n) is 6.62. The zero-order chi connectivity index (χ0) is 10.9. The van der Waals surface area contributed by atoms with E-state index in [9.17, 15) is 17.2 Å². The van der Waals surface area contributed by atoms with Gasteiger partial charge in [0.25, 0.3) is 15.5 Å². The van der Waals surface area contributed by atoms with Crippen LogP contribution in [0.5, 0.6) is 0 Å². The van der Waals surface area contributed by atoms with E-state index in [0.29, 0.717) is 0 Å². The van der Waals surface area contributed by atoms with E-state index in [0.717, 1.165) is 12.3 Å². The third-order valence-electron chi connectivity index (χ3n) is 1.44. The van der Waals surface area contributed by atoms with Gasteiger partial charge < -0.3 is 5.73 Å². The normalized spacial score (nSPS) is 12.0. The Labute approximate surface area is 83.1 Å². The number of hydrogen-bond acceptors (Lipinski definition) is 4. The number of anilines is 1. The highest BCUT2D eigenvalue weighted by Gasteiger charge is 2.24. The van der Waals surface area contributed by atoms with Crippen LogP contribution in [0.15, 0.2) is 17.2 Å². The maximum absolute atomic E-state index is 12.3. The average Bonchev–Trinajstić information content (AvgIpc) is 2.01. The number of nitrogen functional groups attached to an aromatic ring is 1. The summed E-state index contributed by atoms with van der Waals surface area (Å²) in [5, 5.41) is 0. The number of hydrogen-bond donors (Lipinski definition) is 1. The number of halogens is 3. The molecule has 0 unspecified atom stereocenters. The molecule has 0 aliphatic rings. The maximum Gasteiger partial charge on any atom is 0.265 e. The smallest absolute Gasteiger partial charge is 0.265 e. The van der Waals surface area contributed by atoms with Crippen molar-refractivity contribution in [2.75, 3.05) is 5.73 Å². The molecular weight excluding hydrogens is 238 g/mol. The van der Waals surface area contributed by atoms with Gasteiger partial charge in [0.05, 0.1) is 0 Å². The van der Waals surface area contributed by atoms with E-state index in [1.807, 2.05) is 0 Å². The SMILES string of the molecule is Nc1nccc(C(F)F)c1S(=O)(=O)Cl. The van der Waals surface area contributed by atoms with Crippen molar-refractivity contribution in [2.24, 2.45) is 0 Å². The van der Waals surface area contributed by atoms with Crippen LogP contribution in [0.2, 0.25) is 0 Å². The van der Waals surface area contributed by atoms with Crippen molar-refractivity contribution in [1.29, 1.82) is 0 Å². The van der Waals surface area contributed by atoms with Crippen LogP contribution >= 0.6 is 10.7 Å². The molecule has 0 amide bonds. The summed E-state index contributed by atoms with van der Waals surface area (Å²) in [5.41, 5.74) is 4.39.